The van der Waals surface area contributed by atoms with E-state index in [1.54, 1.807) is 0 Å². The zero-order valence-corrected chi connectivity index (χ0v) is 15.3. The second-order valence-corrected chi connectivity index (χ2v) is 6.78. The molecule has 114 valence electrons. The van der Waals surface area contributed by atoms with Crippen LogP contribution in [0.2, 0.25) is 0 Å². The highest BCUT2D eigenvalue weighted by atomic mass is 127. The summed E-state index contributed by atoms with van der Waals surface area (Å²) in [6.45, 7) is 4.68. The van der Waals surface area contributed by atoms with E-state index in [4.69, 9.17) is 0 Å². The SMILES string of the molecule is Cl.Cl.Ic1ccc([C@H](CC2CC2)N2CCNCC2)cc1. The average molecular weight is 429 g/mol. The van der Waals surface area contributed by atoms with Gasteiger partial charge in [0.2, 0.25) is 0 Å². The summed E-state index contributed by atoms with van der Waals surface area (Å²) in [6.07, 6.45) is 4.26. The van der Waals surface area contributed by atoms with E-state index < -0.39 is 0 Å². The first-order chi connectivity index (χ1) is 8.83. The van der Waals surface area contributed by atoms with Crippen LogP contribution in [0.3, 0.4) is 0 Å². The van der Waals surface area contributed by atoms with Gasteiger partial charge in [-0.05, 0) is 52.6 Å². The van der Waals surface area contributed by atoms with Gasteiger partial charge in [0, 0.05) is 35.8 Å². The lowest BCUT2D eigenvalue weighted by Crippen LogP contribution is -2.45. The molecule has 1 aromatic carbocycles. The normalized spacial score (nSPS) is 20.6. The predicted octanol–water partition coefficient (Wildman–Crippen LogP) is 3.88. The Morgan fingerprint density at radius 1 is 1.10 bits per heavy atom. The number of nitrogens with one attached hydrogen (secondary N) is 1. The van der Waals surface area contributed by atoms with Crippen molar-refractivity contribution in [2.24, 2.45) is 5.92 Å². The summed E-state index contributed by atoms with van der Waals surface area (Å²) in [7, 11) is 0. The number of benzene rings is 1. The van der Waals surface area contributed by atoms with Crippen LogP contribution in [-0.2, 0) is 0 Å². The van der Waals surface area contributed by atoms with Gasteiger partial charge >= 0.3 is 0 Å². The van der Waals surface area contributed by atoms with Gasteiger partial charge in [-0.2, -0.15) is 0 Å². The molecule has 3 rings (SSSR count). The molecule has 1 aliphatic heterocycles. The maximum atomic E-state index is 3.46. The minimum absolute atomic E-state index is 0. The zero-order valence-electron chi connectivity index (χ0n) is 11.6. The molecule has 1 aliphatic carbocycles. The number of hydrogen-bond donors (Lipinski definition) is 1. The second kappa shape index (κ2) is 8.79. The lowest BCUT2D eigenvalue weighted by Gasteiger charge is -2.35. The van der Waals surface area contributed by atoms with Gasteiger partial charge in [0.25, 0.3) is 0 Å². The van der Waals surface area contributed by atoms with Gasteiger partial charge in [0.1, 0.15) is 0 Å². The van der Waals surface area contributed by atoms with E-state index in [1.807, 2.05) is 0 Å². The van der Waals surface area contributed by atoms with Crippen LogP contribution in [0.1, 0.15) is 30.9 Å². The van der Waals surface area contributed by atoms with Crippen molar-refractivity contribution in [3.05, 3.63) is 33.4 Å². The van der Waals surface area contributed by atoms with Crippen molar-refractivity contribution in [1.82, 2.24) is 10.2 Å². The van der Waals surface area contributed by atoms with Gasteiger partial charge in [-0.1, -0.05) is 25.0 Å². The zero-order chi connectivity index (χ0) is 12.4. The Kier molecular flexibility index (Phi) is 8.13. The summed E-state index contributed by atoms with van der Waals surface area (Å²) >= 11 is 2.39. The van der Waals surface area contributed by atoms with E-state index in [0.29, 0.717) is 6.04 Å². The molecule has 0 spiro atoms. The summed E-state index contributed by atoms with van der Waals surface area (Å²) in [4.78, 5) is 2.68. The lowest BCUT2D eigenvalue weighted by atomic mass is 9.99. The predicted molar refractivity (Wildman–Crippen MR) is 98.2 cm³/mol. The number of piperazine rings is 1. The van der Waals surface area contributed by atoms with E-state index in [-0.39, 0.29) is 24.8 Å². The molecule has 0 radical (unpaired) electrons. The van der Waals surface area contributed by atoms with Crippen LogP contribution < -0.4 is 5.32 Å². The molecule has 1 atom stereocenters. The summed E-state index contributed by atoms with van der Waals surface area (Å²) in [5.41, 5.74) is 1.52. The first kappa shape index (κ1) is 18.5. The standard InChI is InChI=1S/C15H21IN2.2ClH/c16-14-5-3-13(4-6-14)15(11-12-1-2-12)18-9-7-17-8-10-18;;/h3-6,12,15,17H,1-2,7-11H2;2*1H/t15-;;/m0../s1. The maximum absolute atomic E-state index is 3.46. The fraction of sp³-hybridized carbons (Fsp3) is 0.600. The highest BCUT2D eigenvalue weighted by molar-refractivity contribution is 14.1. The Labute approximate surface area is 148 Å². The fourth-order valence-corrected chi connectivity index (χ4v) is 3.20. The number of halogens is 3. The average Bonchev–Trinajstić information content (AvgIpc) is 3.22. The van der Waals surface area contributed by atoms with Crippen LogP contribution in [-0.4, -0.2) is 31.1 Å². The minimum Gasteiger partial charge on any atom is -0.314 e. The van der Waals surface area contributed by atoms with Gasteiger partial charge in [-0.25, -0.2) is 0 Å². The summed E-state index contributed by atoms with van der Waals surface area (Å²) in [6, 6.07) is 9.81. The molecule has 0 unspecified atom stereocenters. The van der Waals surface area contributed by atoms with Gasteiger partial charge in [0.15, 0.2) is 0 Å². The molecule has 5 heteroatoms. The Bertz CT molecular complexity index is 389. The smallest absolute Gasteiger partial charge is 0.0351 e. The molecule has 1 saturated heterocycles. The molecule has 1 saturated carbocycles. The molecule has 1 heterocycles. The van der Waals surface area contributed by atoms with Gasteiger partial charge in [0.05, 0.1) is 0 Å². The molecule has 1 N–H and O–H groups in total. The molecule has 0 aromatic heterocycles. The molecule has 20 heavy (non-hydrogen) atoms. The molecular weight excluding hydrogens is 406 g/mol. The fourth-order valence-electron chi connectivity index (χ4n) is 2.84. The highest BCUT2D eigenvalue weighted by Crippen LogP contribution is 2.40. The molecule has 0 bridgehead atoms. The van der Waals surface area contributed by atoms with Crippen molar-refractivity contribution in [2.45, 2.75) is 25.3 Å². The first-order valence-electron chi connectivity index (χ1n) is 7.03. The number of hydrogen-bond acceptors (Lipinski definition) is 2. The Balaban J connectivity index is 0.000001000. The largest absolute Gasteiger partial charge is 0.314 e. The van der Waals surface area contributed by atoms with Crippen molar-refractivity contribution in [1.29, 1.82) is 0 Å². The van der Waals surface area contributed by atoms with Gasteiger partial charge < -0.3 is 5.32 Å². The first-order valence-corrected chi connectivity index (χ1v) is 8.11. The van der Waals surface area contributed by atoms with Crippen LogP contribution in [0.5, 0.6) is 0 Å². The summed E-state index contributed by atoms with van der Waals surface area (Å²) < 4.78 is 1.34. The van der Waals surface area contributed by atoms with Crippen molar-refractivity contribution >= 4 is 47.4 Å². The van der Waals surface area contributed by atoms with Crippen molar-refractivity contribution in [2.75, 3.05) is 26.2 Å². The Morgan fingerprint density at radius 2 is 1.70 bits per heavy atom. The van der Waals surface area contributed by atoms with E-state index in [2.05, 4.69) is 57.1 Å². The minimum atomic E-state index is 0. The van der Waals surface area contributed by atoms with Gasteiger partial charge in [-0.3, -0.25) is 4.90 Å². The third-order valence-electron chi connectivity index (χ3n) is 4.10. The second-order valence-electron chi connectivity index (χ2n) is 5.53. The summed E-state index contributed by atoms with van der Waals surface area (Å²) in [5, 5.41) is 3.46. The topological polar surface area (TPSA) is 15.3 Å². The quantitative estimate of drug-likeness (QED) is 0.732. The molecule has 1 aromatic rings. The molecule has 2 fully saturated rings. The lowest BCUT2D eigenvalue weighted by molar-refractivity contribution is 0.160. The van der Waals surface area contributed by atoms with Crippen LogP contribution in [0.25, 0.3) is 0 Å². The molecular formula is C15H23Cl2IN2. The van der Waals surface area contributed by atoms with E-state index in [1.165, 1.54) is 41.5 Å². The monoisotopic (exact) mass is 428 g/mol. The van der Waals surface area contributed by atoms with E-state index in [9.17, 15) is 0 Å². The van der Waals surface area contributed by atoms with Crippen molar-refractivity contribution < 1.29 is 0 Å². The molecule has 0 amide bonds. The highest BCUT2D eigenvalue weighted by Gasteiger charge is 2.30. The van der Waals surface area contributed by atoms with E-state index in [0.717, 1.165) is 19.0 Å². The van der Waals surface area contributed by atoms with Crippen LogP contribution >= 0.6 is 47.4 Å². The van der Waals surface area contributed by atoms with E-state index >= 15 is 0 Å². The van der Waals surface area contributed by atoms with Crippen LogP contribution in [0.15, 0.2) is 24.3 Å². The Morgan fingerprint density at radius 3 is 2.25 bits per heavy atom. The van der Waals surface area contributed by atoms with Crippen molar-refractivity contribution in [3.8, 4) is 0 Å². The molecule has 2 nitrogen and oxygen atoms in total. The number of rotatable bonds is 4. The van der Waals surface area contributed by atoms with Crippen LogP contribution in [0, 0.1) is 9.49 Å². The Hall–Kier alpha value is 0.450. The maximum Gasteiger partial charge on any atom is 0.0351 e. The van der Waals surface area contributed by atoms with Crippen molar-refractivity contribution in [3.63, 3.8) is 0 Å². The van der Waals surface area contributed by atoms with Gasteiger partial charge in [-0.15, -0.1) is 24.8 Å². The third kappa shape index (κ3) is 5.02. The van der Waals surface area contributed by atoms with Crippen LogP contribution in [0.4, 0.5) is 0 Å². The third-order valence-corrected chi connectivity index (χ3v) is 4.82. The molecule has 2 aliphatic rings. The number of nitrogens with zero attached hydrogens (tertiary/aromatic N) is 1. The summed E-state index contributed by atoms with van der Waals surface area (Å²) in [5.74, 6) is 0.990.